The second kappa shape index (κ2) is 4.62. The third-order valence-electron chi connectivity index (χ3n) is 1.95. The van der Waals surface area contributed by atoms with E-state index in [0.29, 0.717) is 19.4 Å². The summed E-state index contributed by atoms with van der Waals surface area (Å²) in [6.45, 7) is 0. The van der Waals surface area contributed by atoms with Crippen LogP contribution in [0.15, 0.2) is 33.7 Å². The number of hydrogen-bond acceptors (Lipinski definition) is 2. The van der Waals surface area contributed by atoms with E-state index in [9.17, 15) is 9.18 Å². The van der Waals surface area contributed by atoms with Crippen LogP contribution in [-0.4, -0.2) is 9.97 Å². The molecular weight excluding hydrogens is 390 g/mol. The molecule has 3 nitrogen and oxygen atoms in total. The molecule has 82 valence electrons. The minimum Gasteiger partial charge on any atom is -0.306 e. The molecule has 0 aliphatic carbocycles. The van der Waals surface area contributed by atoms with E-state index in [1.54, 1.807) is 12.1 Å². The zero-order valence-corrected chi connectivity index (χ0v) is 11.5. The van der Waals surface area contributed by atoms with Gasteiger partial charge in [-0.2, -0.15) is 0 Å². The first kappa shape index (κ1) is 11.7. The molecule has 1 heterocycles. The molecule has 0 spiro atoms. The third-order valence-corrected chi connectivity index (χ3v) is 3.32. The third kappa shape index (κ3) is 2.32. The van der Waals surface area contributed by atoms with E-state index in [1.165, 1.54) is 12.3 Å². The lowest BCUT2D eigenvalue weighted by Crippen LogP contribution is -2.11. The van der Waals surface area contributed by atoms with Crippen molar-refractivity contribution in [1.29, 1.82) is 0 Å². The minimum absolute atomic E-state index is 0.203. The molecule has 1 aromatic carbocycles. The van der Waals surface area contributed by atoms with Gasteiger partial charge in [0.25, 0.3) is 5.56 Å². The summed E-state index contributed by atoms with van der Waals surface area (Å²) in [4.78, 5) is 18.1. The summed E-state index contributed by atoms with van der Waals surface area (Å²) in [6.07, 6.45) is 1.48. The van der Waals surface area contributed by atoms with Gasteiger partial charge in [-0.05, 0) is 56.7 Å². The Hall–Kier alpha value is -0.760. The van der Waals surface area contributed by atoms with Crippen molar-refractivity contribution in [3.05, 3.63) is 48.6 Å². The number of benzene rings is 1. The van der Waals surface area contributed by atoms with Crippen molar-refractivity contribution in [3.63, 3.8) is 0 Å². The van der Waals surface area contributed by atoms with Crippen molar-refractivity contribution in [2.75, 3.05) is 0 Å². The van der Waals surface area contributed by atoms with Crippen molar-refractivity contribution in [2.24, 2.45) is 0 Å². The Kier molecular flexibility index (Phi) is 3.38. The zero-order chi connectivity index (χ0) is 11.7. The summed E-state index contributed by atoms with van der Waals surface area (Å²) in [5, 5.41) is 0. The molecule has 0 aliphatic heterocycles. The average molecular weight is 395 g/mol. The Morgan fingerprint density at radius 2 is 2.19 bits per heavy atom. The topological polar surface area (TPSA) is 45.8 Å². The Balaban J connectivity index is 2.55. The monoisotopic (exact) mass is 394 g/mol. The van der Waals surface area contributed by atoms with Crippen LogP contribution in [0, 0.1) is 9.39 Å². The second-order valence-electron chi connectivity index (χ2n) is 3.04. The molecule has 0 bridgehead atoms. The van der Waals surface area contributed by atoms with Crippen LogP contribution in [0.5, 0.6) is 0 Å². The van der Waals surface area contributed by atoms with E-state index in [0.717, 1.165) is 0 Å². The first-order valence-electron chi connectivity index (χ1n) is 4.28. The van der Waals surface area contributed by atoms with E-state index < -0.39 is 0 Å². The molecule has 2 aromatic rings. The van der Waals surface area contributed by atoms with Crippen molar-refractivity contribution in [3.8, 4) is 11.4 Å². The summed E-state index contributed by atoms with van der Waals surface area (Å²) in [7, 11) is 0. The van der Waals surface area contributed by atoms with Crippen LogP contribution >= 0.6 is 38.5 Å². The SMILES string of the molecule is O=c1[nH]c(-c2ccc(F)c(Br)c2)ncc1I. The highest BCUT2D eigenvalue weighted by molar-refractivity contribution is 14.1. The molecule has 1 N–H and O–H groups in total. The lowest BCUT2D eigenvalue weighted by molar-refractivity contribution is 0.621. The quantitative estimate of drug-likeness (QED) is 0.756. The Labute approximate surface area is 112 Å². The van der Waals surface area contributed by atoms with Gasteiger partial charge in [0.15, 0.2) is 0 Å². The van der Waals surface area contributed by atoms with E-state index in [2.05, 4.69) is 25.9 Å². The average Bonchev–Trinajstić information content (AvgIpc) is 2.26. The van der Waals surface area contributed by atoms with Gasteiger partial charge in [0.2, 0.25) is 0 Å². The van der Waals surface area contributed by atoms with Gasteiger partial charge in [0, 0.05) is 11.8 Å². The molecule has 16 heavy (non-hydrogen) atoms. The molecule has 0 unspecified atom stereocenters. The number of hydrogen-bond donors (Lipinski definition) is 1. The fourth-order valence-electron chi connectivity index (χ4n) is 1.17. The van der Waals surface area contributed by atoms with Gasteiger partial charge in [0.1, 0.15) is 11.6 Å². The van der Waals surface area contributed by atoms with Gasteiger partial charge in [-0.1, -0.05) is 0 Å². The van der Waals surface area contributed by atoms with E-state index >= 15 is 0 Å². The molecule has 0 amide bonds. The Morgan fingerprint density at radius 3 is 2.81 bits per heavy atom. The second-order valence-corrected chi connectivity index (χ2v) is 5.05. The van der Waals surface area contributed by atoms with Crippen molar-refractivity contribution in [2.45, 2.75) is 0 Å². The maximum atomic E-state index is 13.0. The highest BCUT2D eigenvalue weighted by Gasteiger charge is 2.05. The number of H-pyrrole nitrogens is 1. The smallest absolute Gasteiger partial charge is 0.264 e. The number of nitrogens with one attached hydrogen (secondary N) is 1. The number of rotatable bonds is 1. The van der Waals surface area contributed by atoms with Crippen LogP contribution in [0.3, 0.4) is 0 Å². The zero-order valence-electron chi connectivity index (χ0n) is 7.80. The normalized spacial score (nSPS) is 10.4. The standard InChI is InChI=1S/C10H5BrFIN2O/c11-6-3-5(1-2-7(6)12)9-14-4-8(13)10(16)15-9/h1-4H,(H,14,15,16). The highest BCUT2D eigenvalue weighted by atomic mass is 127. The molecule has 0 saturated heterocycles. The van der Waals surface area contributed by atoms with Crippen molar-refractivity contribution in [1.82, 2.24) is 9.97 Å². The van der Waals surface area contributed by atoms with Gasteiger partial charge in [-0.25, -0.2) is 9.37 Å². The Morgan fingerprint density at radius 1 is 1.44 bits per heavy atom. The summed E-state index contributed by atoms with van der Waals surface area (Å²) < 4.78 is 13.9. The fraction of sp³-hybridized carbons (Fsp3) is 0. The molecule has 0 aliphatic rings. The summed E-state index contributed by atoms with van der Waals surface area (Å²) in [5.41, 5.74) is 0.452. The molecule has 0 saturated carbocycles. The van der Waals surface area contributed by atoms with Crippen molar-refractivity contribution < 1.29 is 4.39 Å². The first-order chi connectivity index (χ1) is 7.58. The van der Waals surface area contributed by atoms with Gasteiger partial charge in [-0.15, -0.1) is 0 Å². The molecule has 2 rings (SSSR count). The summed E-state index contributed by atoms with van der Waals surface area (Å²) in [5.74, 6) is 0.0720. The highest BCUT2D eigenvalue weighted by Crippen LogP contribution is 2.22. The molecular formula is C10H5BrFIN2O. The van der Waals surface area contributed by atoms with E-state index in [1.807, 2.05) is 22.6 Å². The summed E-state index contributed by atoms with van der Waals surface area (Å²) >= 11 is 4.98. The summed E-state index contributed by atoms with van der Waals surface area (Å²) in [6, 6.07) is 4.45. The van der Waals surface area contributed by atoms with Crippen molar-refractivity contribution >= 4 is 38.5 Å². The molecule has 0 atom stereocenters. The minimum atomic E-state index is -0.350. The van der Waals surface area contributed by atoms with Gasteiger partial charge < -0.3 is 4.98 Å². The molecule has 0 fully saturated rings. The predicted octanol–water partition coefficient (Wildman–Crippen LogP) is 2.94. The number of aromatic amines is 1. The number of nitrogens with zero attached hydrogens (tertiary/aromatic N) is 1. The van der Waals surface area contributed by atoms with Crippen LogP contribution in [0.1, 0.15) is 0 Å². The van der Waals surface area contributed by atoms with Crippen LogP contribution in [0.2, 0.25) is 0 Å². The molecule has 1 aromatic heterocycles. The number of halogens is 3. The fourth-order valence-corrected chi connectivity index (χ4v) is 1.82. The first-order valence-corrected chi connectivity index (χ1v) is 6.15. The van der Waals surface area contributed by atoms with E-state index in [4.69, 9.17) is 0 Å². The van der Waals surface area contributed by atoms with Gasteiger partial charge in [0.05, 0.1) is 8.04 Å². The molecule has 6 heteroatoms. The Bertz CT molecular complexity index is 600. The maximum Gasteiger partial charge on any atom is 0.264 e. The predicted molar refractivity (Wildman–Crippen MR) is 70.7 cm³/mol. The van der Waals surface area contributed by atoms with Gasteiger partial charge in [-0.3, -0.25) is 4.79 Å². The maximum absolute atomic E-state index is 13.0. The van der Waals surface area contributed by atoms with Crippen LogP contribution in [0.25, 0.3) is 11.4 Å². The lowest BCUT2D eigenvalue weighted by atomic mass is 10.2. The molecule has 0 radical (unpaired) electrons. The van der Waals surface area contributed by atoms with Crippen LogP contribution in [-0.2, 0) is 0 Å². The number of aromatic nitrogens is 2. The van der Waals surface area contributed by atoms with Gasteiger partial charge >= 0.3 is 0 Å². The largest absolute Gasteiger partial charge is 0.306 e. The van der Waals surface area contributed by atoms with Crippen LogP contribution in [0.4, 0.5) is 4.39 Å². The lowest BCUT2D eigenvalue weighted by Gasteiger charge is -2.02. The van der Waals surface area contributed by atoms with Crippen LogP contribution < -0.4 is 5.56 Å². The van der Waals surface area contributed by atoms with E-state index in [-0.39, 0.29) is 11.4 Å².